The van der Waals surface area contributed by atoms with Gasteiger partial charge >= 0.3 is 0 Å². The van der Waals surface area contributed by atoms with Crippen molar-refractivity contribution in [1.82, 2.24) is 4.57 Å². The molecule has 0 radical (unpaired) electrons. The summed E-state index contributed by atoms with van der Waals surface area (Å²) in [5, 5.41) is 15.2. The summed E-state index contributed by atoms with van der Waals surface area (Å²) in [6.07, 6.45) is 0.765. The fourth-order valence-electron chi connectivity index (χ4n) is 4.23. The Morgan fingerprint density at radius 1 is 1.29 bits per heavy atom. The third-order valence-electron chi connectivity index (χ3n) is 5.65. The normalized spacial score (nSPS) is 20.5. The number of alkyl halides is 2. The van der Waals surface area contributed by atoms with E-state index in [0.29, 0.717) is 38.2 Å². The van der Waals surface area contributed by atoms with Crippen LogP contribution < -0.4 is 5.32 Å². The van der Waals surface area contributed by atoms with Crippen LogP contribution in [-0.2, 0) is 4.74 Å². The molecule has 1 aromatic heterocycles. The minimum Gasteiger partial charge on any atom is -0.494 e. The lowest BCUT2D eigenvalue weighted by atomic mass is 9.92. The molecular weight excluding hydrogens is 364 g/mol. The number of anilines is 1. The van der Waals surface area contributed by atoms with Crippen molar-refractivity contribution < 1.29 is 18.6 Å². The van der Waals surface area contributed by atoms with Crippen molar-refractivity contribution in [2.75, 3.05) is 25.1 Å². The van der Waals surface area contributed by atoms with E-state index in [1.54, 1.807) is 0 Å². The molecule has 152 valence electrons. The van der Waals surface area contributed by atoms with Gasteiger partial charge in [0, 0.05) is 36.0 Å². The summed E-state index contributed by atoms with van der Waals surface area (Å²) >= 11 is 0. The van der Waals surface area contributed by atoms with Crippen molar-refractivity contribution in [3.63, 3.8) is 0 Å². The second kappa shape index (κ2) is 7.35. The molecule has 7 heteroatoms. The number of rotatable bonds is 4. The van der Waals surface area contributed by atoms with E-state index in [0.717, 1.165) is 22.3 Å². The highest BCUT2D eigenvalue weighted by molar-refractivity contribution is 6.14. The molecule has 2 aliphatic rings. The van der Waals surface area contributed by atoms with E-state index in [-0.39, 0.29) is 30.8 Å². The summed E-state index contributed by atoms with van der Waals surface area (Å²) in [5.41, 5.74) is 3.27. The smallest absolute Gasteiger partial charge is 0.248 e. The Morgan fingerprint density at radius 3 is 2.68 bits per heavy atom. The highest BCUT2D eigenvalue weighted by Gasteiger charge is 2.35. The lowest BCUT2D eigenvalue weighted by molar-refractivity contribution is -0.0360. The first-order chi connectivity index (χ1) is 13.4. The molecule has 28 heavy (non-hydrogen) atoms. The number of halogens is 2. The summed E-state index contributed by atoms with van der Waals surface area (Å²) in [5.74, 6) is -2.34. The van der Waals surface area contributed by atoms with Gasteiger partial charge in [-0.15, -0.1) is 0 Å². The molecule has 0 bridgehead atoms. The number of benzene rings is 1. The standard InChI is InChI=1S/C21H27F2N3O2/c1-13(2)26-18-4-3-15(25-14-5-7-21(22,23)8-6-14)11-16(18)19(20(26)27)17-12-28-10-9-24-17/h3-4,11,13-14,25,27H,5-10,12H2,1-2H3. The highest BCUT2D eigenvalue weighted by Crippen LogP contribution is 2.38. The molecule has 5 nitrogen and oxygen atoms in total. The van der Waals surface area contributed by atoms with Crippen LogP contribution in [0.3, 0.4) is 0 Å². The summed E-state index contributed by atoms with van der Waals surface area (Å²) in [6.45, 7) is 5.59. The number of ether oxygens (including phenoxy) is 1. The molecule has 0 spiro atoms. The minimum atomic E-state index is -2.53. The van der Waals surface area contributed by atoms with E-state index in [1.165, 1.54) is 0 Å². The Morgan fingerprint density at radius 2 is 2.04 bits per heavy atom. The first-order valence-electron chi connectivity index (χ1n) is 9.98. The Kier molecular flexibility index (Phi) is 5.04. The van der Waals surface area contributed by atoms with Crippen LogP contribution in [0.25, 0.3) is 10.9 Å². The second-order valence-corrected chi connectivity index (χ2v) is 8.05. The van der Waals surface area contributed by atoms with Gasteiger partial charge in [0.1, 0.15) is 0 Å². The van der Waals surface area contributed by atoms with Crippen LogP contribution in [0.15, 0.2) is 23.2 Å². The van der Waals surface area contributed by atoms with Crippen molar-refractivity contribution in [2.24, 2.45) is 4.99 Å². The Hall–Kier alpha value is -2.15. The molecule has 2 heterocycles. The molecule has 0 atom stereocenters. The van der Waals surface area contributed by atoms with Gasteiger partial charge in [0.15, 0.2) is 0 Å². The maximum atomic E-state index is 13.4. The van der Waals surface area contributed by atoms with Crippen molar-refractivity contribution in [3.05, 3.63) is 23.8 Å². The van der Waals surface area contributed by atoms with Crippen LogP contribution in [0.1, 0.15) is 51.1 Å². The Labute approximate surface area is 163 Å². The van der Waals surface area contributed by atoms with Gasteiger partial charge in [-0.05, 0) is 44.9 Å². The van der Waals surface area contributed by atoms with E-state index >= 15 is 0 Å². The van der Waals surface area contributed by atoms with Gasteiger partial charge in [0.05, 0.1) is 36.6 Å². The van der Waals surface area contributed by atoms with E-state index in [4.69, 9.17) is 4.74 Å². The van der Waals surface area contributed by atoms with Crippen LogP contribution in [-0.4, -0.2) is 47.1 Å². The zero-order chi connectivity index (χ0) is 19.9. The minimum absolute atomic E-state index is 0.0386. The maximum absolute atomic E-state index is 13.4. The number of aromatic nitrogens is 1. The van der Waals surface area contributed by atoms with Crippen molar-refractivity contribution in [1.29, 1.82) is 0 Å². The zero-order valence-corrected chi connectivity index (χ0v) is 16.3. The lowest BCUT2D eigenvalue weighted by Gasteiger charge is -2.29. The molecule has 0 saturated heterocycles. The number of nitrogens with zero attached hydrogens (tertiary/aromatic N) is 2. The SMILES string of the molecule is CC(C)n1c(O)c(C2=NCCOC2)c2cc(NC3CCC(F)(F)CC3)ccc21. The highest BCUT2D eigenvalue weighted by atomic mass is 19.3. The molecule has 1 aliphatic carbocycles. The van der Waals surface area contributed by atoms with Gasteiger partial charge in [0.2, 0.25) is 11.8 Å². The van der Waals surface area contributed by atoms with E-state index in [2.05, 4.69) is 10.3 Å². The monoisotopic (exact) mass is 391 g/mol. The number of aliphatic imine (C=N–C) groups is 1. The Bertz CT molecular complexity index is 895. The van der Waals surface area contributed by atoms with Gasteiger partial charge < -0.3 is 19.7 Å². The van der Waals surface area contributed by atoms with E-state index < -0.39 is 5.92 Å². The van der Waals surface area contributed by atoms with Crippen LogP contribution >= 0.6 is 0 Å². The van der Waals surface area contributed by atoms with Crippen LogP contribution in [0.5, 0.6) is 5.88 Å². The number of aromatic hydroxyl groups is 1. The summed E-state index contributed by atoms with van der Waals surface area (Å²) in [7, 11) is 0. The molecule has 0 amide bonds. The first-order valence-corrected chi connectivity index (χ1v) is 9.98. The molecule has 1 fully saturated rings. The summed E-state index contributed by atoms with van der Waals surface area (Å²) in [6, 6.07) is 6.05. The fraction of sp³-hybridized carbons (Fsp3) is 0.571. The van der Waals surface area contributed by atoms with Crippen molar-refractivity contribution in [2.45, 2.75) is 57.5 Å². The molecule has 2 N–H and O–H groups in total. The summed E-state index contributed by atoms with van der Waals surface area (Å²) < 4.78 is 34.3. The molecule has 0 unspecified atom stereocenters. The maximum Gasteiger partial charge on any atom is 0.248 e. The molecule has 1 aromatic carbocycles. The van der Waals surface area contributed by atoms with E-state index in [9.17, 15) is 13.9 Å². The van der Waals surface area contributed by atoms with Crippen molar-refractivity contribution >= 4 is 22.3 Å². The third kappa shape index (κ3) is 3.60. The van der Waals surface area contributed by atoms with Gasteiger partial charge in [0.25, 0.3) is 0 Å². The van der Waals surface area contributed by atoms with Crippen LogP contribution in [0.4, 0.5) is 14.5 Å². The third-order valence-corrected chi connectivity index (χ3v) is 5.65. The first kappa shape index (κ1) is 19.2. The zero-order valence-electron chi connectivity index (χ0n) is 16.3. The number of fused-ring (bicyclic) bond motifs is 1. The Balaban J connectivity index is 1.70. The molecule has 2 aromatic rings. The quantitative estimate of drug-likeness (QED) is 0.792. The van der Waals surface area contributed by atoms with Gasteiger partial charge in [-0.25, -0.2) is 8.78 Å². The topological polar surface area (TPSA) is 58.8 Å². The second-order valence-electron chi connectivity index (χ2n) is 8.05. The molecule has 4 rings (SSSR count). The van der Waals surface area contributed by atoms with E-state index in [1.807, 2.05) is 36.6 Å². The van der Waals surface area contributed by atoms with Crippen LogP contribution in [0.2, 0.25) is 0 Å². The number of hydrogen-bond donors (Lipinski definition) is 2. The average Bonchev–Trinajstić information content (AvgIpc) is 2.95. The number of hydrogen-bond acceptors (Lipinski definition) is 4. The average molecular weight is 391 g/mol. The molecule has 1 aliphatic heterocycles. The fourth-order valence-corrected chi connectivity index (χ4v) is 4.23. The number of nitrogens with one attached hydrogen (secondary N) is 1. The van der Waals surface area contributed by atoms with Gasteiger partial charge in [-0.3, -0.25) is 4.99 Å². The predicted octanol–water partition coefficient (Wildman–Crippen LogP) is 4.74. The molecular formula is C21H27F2N3O2. The summed E-state index contributed by atoms with van der Waals surface area (Å²) in [4.78, 5) is 4.56. The largest absolute Gasteiger partial charge is 0.494 e. The van der Waals surface area contributed by atoms with Gasteiger partial charge in [-0.1, -0.05) is 0 Å². The molecule has 1 saturated carbocycles. The van der Waals surface area contributed by atoms with Crippen molar-refractivity contribution in [3.8, 4) is 5.88 Å². The predicted molar refractivity (Wildman–Crippen MR) is 107 cm³/mol. The lowest BCUT2D eigenvalue weighted by Crippen LogP contribution is -2.32. The van der Waals surface area contributed by atoms with Crippen LogP contribution in [0, 0.1) is 0 Å². The van der Waals surface area contributed by atoms with Gasteiger partial charge in [-0.2, -0.15) is 0 Å².